The number of non-ortho nitro benzene ring substituents is 1. The van der Waals surface area contributed by atoms with E-state index < -0.39 is 4.92 Å². The lowest BCUT2D eigenvalue weighted by atomic mass is 10.1. The van der Waals surface area contributed by atoms with Crippen LogP contribution in [0.4, 0.5) is 17.1 Å². The molecule has 0 unspecified atom stereocenters. The number of piperidine rings is 1. The van der Waals surface area contributed by atoms with Gasteiger partial charge in [0.25, 0.3) is 5.69 Å². The predicted octanol–water partition coefficient (Wildman–Crippen LogP) is 3.00. The second-order valence-corrected chi connectivity index (χ2v) is 5.98. The molecule has 0 spiro atoms. The Kier molecular flexibility index (Phi) is 5.25. The van der Waals surface area contributed by atoms with Gasteiger partial charge in [0, 0.05) is 30.9 Å². The average Bonchev–Trinajstić information content (AvgIpc) is 2.63. The van der Waals surface area contributed by atoms with Crippen molar-refractivity contribution < 1.29 is 10.0 Å². The zero-order valence-electron chi connectivity index (χ0n) is 13.7. The van der Waals surface area contributed by atoms with E-state index in [9.17, 15) is 15.2 Å². The van der Waals surface area contributed by atoms with Gasteiger partial charge in [-0.2, -0.15) is 5.10 Å². The number of hydrogen-bond acceptors (Lipinski definition) is 6. The Hall–Kier alpha value is -2.93. The number of nitrogens with zero attached hydrogens (tertiary/aromatic N) is 3. The molecule has 1 fully saturated rings. The fourth-order valence-corrected chi connectivity index (χ4v) is 2.73. The molecule has 3 rings (SSSR count). The molecule has 7 heteroatoms. The predicted molar refractivity (Wildman–Crippen MR) is 98.2 cm³/mol. The molecule has 1 aliphatic heterocycles. The standard InChI is InChI=1S/C18H20N4O3/c23-18-9-11-21(12-10-18)16-5-1-14(2-6-16)13-19-20-15-3-7-17(8-4-15)22(24)25/h1-8,13,18,20,23H,9-12H2. The lowest BCUT2D eigenvalue weighted by molar-refractivity contribution is -0.384. The summed E-state index contributed by atoms with van der Waals surface area (Å²) in [6.07, 6.45) is 3.14. The van der Waals surface area contributed by atoms with Crippen molar-refractivity contribution in [3.05, 3.63) is 64.2 Å². The van der Waals surface area contributed by atoms with Crippen LogP contribution in [0.2, 0.25) is 0 Å². The molecule has 2 aromatic carbocycles. The third-order valence-corrected chi connectivity index (χ3v) is 4.21. The third kappa shape index (κ3) is 4.54. The molecule has 1 saturated heterocycles. The van der Waals surface area contributed by atoms with Crippen molar-refractivity contribution in [1.29, 1.82) is 0 Å². The Bertz CT molecular complexity index is 736. The number of aliphatic hydroxyl groups excluding tert-OH is 1. The highest BCUT2D eigenvalue weighted by atomic mass is 16.6. The summed E-state index contributed by atoms with van der Waals surface area (Å²) in [6.45, 7) is 1.74. The molecule has 130 valence electrons. The number of hydrogen-bond donors (Lipinski definition) is 2. The molecule has 0 amide bonds. The average molecular weight is 340 g/mol. The fraction of sp³-hybridized carbons (Fsp3) is 0.278. The number of benzene rings is 2. The molecule has 0 bridgehead atoms. The molecular weight excluding hydrogens is 320 g/mol. The topological polar surface area (TPSA) is 91.0 Å². The minimum Gasteiger partial charge on any atom is -0.393 e. The smallest absolute Gasteiger partial charge is 0.269 e. The maximum Gasteiger partial charge on any atom is 0.269 e. The highest BCUT2D eigenvalue weighted by Gasteiger charge is 2.16. The van der Waals surface area contributed by atoms with Gasteiger partial charge in [-0.1, -0.05) is 12.1 Å². The summed E-state index contributed by atoms with van der Waals surface area (Å²) in [7, 11) is 0. The van der Waals surface area contributed by atoms with Gasteiger partial charge in [-0.3, -0.25) is 15.5 Å². The van der Waals surface area contributed by atoms with Crippen LogP contribution in [0.5, 0.6) is 0 Å². The van der Waals surface area contributed by atoms with Crippen molar-refractivity contribution in [3.8, 4) is 0 Å². The molecule has 1 aliphatic rings. The molecule has 0 radical (unpaired) electrons. The van der Waals surface area contributed by atoms with Crippen LogP contribution in [0.1, 0.15) is 18.4 Å². The van der Waals surface area contributed by atoms with Crippen LogP contribution >= 0.6 is 0 Å². The monoisotopic (exact) mass is 340 g/mol. The van der Waals surface area contributed by atoms with Gasteiger partial charge in [-0.05, 0) is 42.7 Å². The lowest BCUT2D eigenvalue weighted by Crippen LogP contribution is -2.35. The maximum atomic E-state index is 10.6. The largest absolute Gasteiger partial charge is 0.393 e. The summed E-state index contributed by atoms with van der Waals surface area (Å²) in [5.74, 6) is 0. The third-order valence-electron chi connectivity index (χ3n) is 4.21. The van der Waals surface area contributed by atoms with Gasteiger partial charge in [0.05, 0.1) is 22.9 Å². The van der Waals surface area contributed by atoms with Crippen LogP contribution in [0.3, 0.4) is 0 Å². The molecule has 0 aliphatic carbocycles. The summed E-state index contributed by atoms with van der Waals surface area (Å²) < 4.78 is 0. The van der Waals surface area contributed by atoms with Crippen LogP contribution < -0.4 is 10.3 Å². The molecule has 0 saturated carbocycles. The van der Waals surface area contributed by atoms with Crippen molar-refractivity contribution >= 4 is 23.3 Å². The van der Waals surface area contributed by atoms with Gasteiger partial charge in [0.1, 0.15) is 0 Å². The maximum absolute atomic E-state index is 10.6. The highest BCUT2D eigenvalue weighted by molar-refractivity contribution is 5.81. The van der Waals surface area contributed by atoms with E-state index >= 15 is 0 Å². The van der Waals surface area contributed by atoms with Gasteiger partial charge in [0.15, 0.2) is 0 Å². The van der Waals surface area contributed by atoms with Crippen LogP contribution in [0, 0.1) is 10.1 Å². The molecule has 0 aromatic heterocycles. The Labute approximate surface area is 145 Å². The van der Waals surface area contributed by atoms with Gasteiger partial charge >= 0.3 is 0 Å². The second kappa shape index (κ2) is 7.76. The summed E-state index contributed by atoms with van der Waals surface area (Å²) in [4.78, 5) is 12.4. The summed E-state index contributed by atoms with van der Waals surface area (Å²) in [5, 5.41) is 24.3. The minimum absolute atomic E-state index is 0.0512. The number of aliphatic hydroxyl groups is 1. The quantitative estimate of drug-likeness (QED) is 0.496. The molecule has 2 aromatic rings. The van der Waals surface area contributed by atoms with Crippen molar-refractivity contribution in [2.24, 2.45) is 5.10 Å². The fourth-order valence-electron chi connectivity index (χ4n) is 2.73. The summed E-state index contributed by atoms with van der Waals surface area (Å²) >= 11 is 0. The number of hydrazone groups is 1. The lowest BCUT2D eigenvalue weighted by Gasteiger charge is -2.31. The second-order valence-electron chi connectivity index (χ2n) is 5.98. The first-order valence-electron chi connectivity index (χ1n) is 8.18. The molecule has 1 heterocycles. The molecule has 2 N–H and O–H groups in total. The van der Waals surface area contributed by atoms with Crippen molar-refractivity contribution in [3.63, 3.8) is 0 Å². The van der Waals surface area contributed by atoms with Gasteiger partial charge in [-0.25, -0.2) is 0 Å². The van der Waals surface area contributed by atoms with Crippen molar-refractivity contribution in [2.75, 3.05) is 23.4 Å². The first kappa shape index (κ1) is 16.9. The number of nitro groups is 1. The molecule has 0 atom stereocenters. The van der Waals surface area contributed by atoms with E-state index in [1.54, 1.807) is 18.3 Å². The number of anilines is 2. The summed E-state index contributed by atoms with van der Waals surface area (Å²) in [6, 6.07) is 14.2. The Balaban J connectivity index is 1.55. The zero-order chi connectivity index (χ0) is 17.6. The van der Waals surface area contributed by atoms with E-state index in [1.807, 2.05) is 24.3 Å². The van der Waals surface area contributed by atoms with E-state index in [1.165, 1.54) is 12.1 Å². The van der Waals surface area contributed by atoms with Gasteiger partial charge < -0.3 is 10.0 Å². The molecule has 25 heavy (non-hydrogen) atoms. The normalized spacial score (nSPS) is 15.5. The van der Waals surface area contributed by atoms with Crippen LogP contribution in [0.15, 0.2) is 53.6 Å². The molecule has 7 nitrogen and oxygen atoms in total. The SMILES string of the molecule is O=[N+]([O-])c1ccc(NN=Cc2ccc(N3CCC(O)CC3)cc2)cc1. The van der Waals surface area contributed by atoms with Gasteiger partial charge in [0.2, 0.25) is 0 Å². The van der Waals surface area contributed by atoms with E-state index in [4.69, 9.17) is 0 Å². The molecular formula is C18H20N4O3. The van der Waals surface area contributed by atoms with Crippen molar-refractivity contribution in [2.45, 2.75) is 18.9 Å². The Morgan fingerprint density at radius 2 is 1.76 bits per heavy atom. The zero-order valence-corrected chi connectivity index (χ0v) is 13.7. The van der Waals surface area contributed by atoms with Crippen molar-refractivity contribution in [1.82, 2.24) is 0 Å². The first-order chi connectivity index (χ1) is 12.1. The first-order valence-corrected chi connectivity index (χ1v) is 8.18. The van der Waals surface area contributed by atoms with Crippen LogP contribution in [0.25, 0.3) is 0 Å². The Morgan fingerprint density at radius 3 is 2.36 bits per heavy atom. The number of nitro benzene ring substituents is 1. The number of rotatable bonds is 5. The summed E-state index contributed by atoms with van der Waals surface area (Å²) in [5.41, 5.74) is 5.69. The number of nitrogens with one attached hydrogen (secondary N) is 1. The van der Waals surface area contributed by atoms with Crippen LogP contribution in [-0.4, -0.2) is 35.4 Å². The van der Waals surface area contributed by atoms with E-state index in [0.717, 1.165) is 37.2 Å². The van der Waals surface area contributed by atoms with Crippen LogP contribution in [-0.2, 0) is 0 Å². The van der Waals surface area contributed by atoms with Gasteiger partial charge in [-0.15, -0.1) is 0 Å². The van der Waals surface area contributed by atoms with E-state index in [0.29, 0.717) is 5.69 Å². The van der Waals surface area contributed by atoms with E-state index in [2.05, 4.69) is 15.4 Å². The Morgan fingerprint density at radius 1 is 1.12 bits per heavy atom. The highest BCUT2D eigenvalue weighted by Crippen LogP contribution is 2.20. The minimum atomic E-state index is -0.433. The van der Waals surface area contributed by atoms with E-state index in [-0.39, 0.29) is 11.8 Å².